The van der Waals surface area contributed by atoms with E-state index >= 15 is 4.79 Å². The normalized spacial score (nSPS) is 30.5. The highest BCUT2D eigenvalue weighted by atomic mass is 35.5. The van der Waals surface area contributed by atoms with Gasteiger partial charge in [-0.2, -0.15) is 0 Å². The first-order valence-corrected chi connectivity index (χ1v) is 21.8. The van der Waals surface area contributed by atoms with Crippen LogP contribution in [0.2, 0.25) is 0 Å². The van der Waals surface area contributed by atoms with Crippen molar-refractivity contribution in [1.29, 1.82) is 0 Å². The zero-order valence-corrected chi connectivity index (χ0v) is 38.2. The zero-order valence-electron chi connectivity index (χ0n) is 37.4. The van der Waals surface area contributed by atoms with E-state index in [0.29, 0.717) is 11.1 Å². The Hall–Kier alpha value is -5.94. The molecule has 350 valence electrons. The summed E-state index contributed by atoms with van der Waals surface area (Å²) in [6.45, 7) is 7.93. The maximum absolute atomic E-state index is 15.9. The van der Waals surface area contributed by atoms with Gasteiger partial charge in [-0.1, -0.05) is 80.6 Å². The monoisotopic (exact) mass is 929 g/mol. The second-order valence-corrected chi connectivity index (χ2v) is 18.2. The maximum Gasteiger partial charge on any atom is 0.404 e. The Morgan fingerprint density at radius 2 is 1.41 bits per heavy atom. The molecule has 2 N–H and O–H groups in total. The standard InChI is InChI=1S/C49H52ClNO15/c1-26-32(63-44(57)38(60-7)36(29-17-11-8-12-18-29)51-42(55)30-19-13-9-14-20-30)24-49(59)41(65-43(56)31-21-15-10-16-22-31)39-47(6,40(54)37(62-27(2)52)35(26)46(49,4)5)33(64-45(50)58)23-34-48(39,25-61-34)66-28(3)53/h8-22,32-34,36-39,41,59H,23-25H2,1-7H3,(H,51,55)/t32?,33-,34?,36?,37+,38?,39?,41?,47+,48?,49+/m0/s1. The first-order valence-electron chi connectivity index (χ1n) is 21.4. The minimum atomic E-state index is -2.43. The Bertz CT molecular complexity index is 2430. The molecule has 0 spiro atoms. The molecule has 2 bridgehead atoms. The van der Waals surface area contributed by atoms with Gasteiger partial charge in [0.1, 0.15) is 30.0 Å². The number of aliphatic hydroxyl groups is 1. The van der Waals surface area contributed by atoms with Crippen LogP contribution in [0.4, 0.5) is 4.79 Å². The van der Waals surface area contributed by atoms with Crippen molar-refractivity contribution in [3.05, 3.63) is 119 Å². The Balaban J connectivity index is 1.43. The zero-order chi connectivity index (χ0) is 47.9. The van der Waals surface area contributed by atoms with Crippen molar-refractivity contribution < 1.29 is 71.8 Å². The fourth-order valence-corrected chi connectivity index (χ4v) is 10.8. The maximum atomic E-state index is 15.9. The largest absolute Gasteiger partial charge is 0.456 e. The summed E-state index contributed by atoms with van der Waals surface area (Å²) in [5.74, 6) is -6.71. The molecule has 11 atom stereocenters. The van der Waals surface area contributed by atoms with E-state index in [9.17, 15) is 33.9 Å². The highest BCUT2D eigenvalue weighted by molar-refractivity contribution is 6.61. The van der Waals surface area contributed by atoms with Crippen LogP contribution in [0, 0.1) is 16.7 Å². The number of carbonyl (C=O) groups excluding carboxylic acids is 7. The number of halogens is 1. The predicted octanol–water partition coefficient (Wildman–Crippen LogP) is 5.77. The molecule has 3 aliphatic carbocycles. The molecule has 16 nitrogen and oxygen atoms in total. The number of methoxy groups -OCH3 is 1. The summed E-state index contributed by atoms with van der Waals surface area (Å²) in [5, 5.41) is 16.8. The molecule has 2 saturated carbocycles. The molecule has 4 aliphatic rings. The van der Waals surface area contributed by atoms with Gasteiger partial charge >= 0.3 is 29.3 Å². The van der Waals surface area contributed by atoms with Crippen LogP contribution in [0.25, 0.3) is 0 Å². The second kappa shape index (κ2) is 18.4. The molecule has 3 aromatic carbocycles. The van der Waals surface area contributed by atoms with Crippen LogP contribution in [0.1, 0.15) is 86.7 Å². The minimum absolute atomic E-state index is 0.00916. The van der Waals surface area contributed by atoms with E-state index in [4.69, 9.17) is 44.8 Å². The number of ether oxygens (including phenoxy) is 7. The predicted molar refractivity (Wildman–Crippen MR) is 233 cm³/mol. The van der Waals surface area contributed by atoms with Crippen LogP contribution < -0.4 is 5.32 Å². The van der Waals surface area contributed by atoms with Gasteiger partial charge in [0, 0.05) is 56.4 Å². The van der Waals surface area contributed by atoms with Crippen LogP contribution >= 0.6 is 11.6 Å². The number of Topliss-reactive ketones (excluding diaryl/α,β-unsaturated/α-hetero) is 1. The lowest BCUT2D eigenvalue weighted by Gasteiger charge is -2.67. The van der Waals surface area contributed by atoms with Gasteiger partial charge in [0.15, 0.2) is 23.6 Å². The number of amides is 1. The third kappa shape index (κ3) is 8.28. The smallest absolute Gasteiger partial charge is 0.404 e. The van der Waals surface area contributed by atoms with Crippen molar-refractivity contribution in [1.82, 2.24) is 5.32 Å². The molecular formula is C49H52ClNO15. The van der Waals surface area contributed by atoms with E-state index in [-0.39, 0.29) is 29.7 Å². The highest BCUT2D eigenvalue weighted by Gasteiger charge is 2.79. The van der Waals surface area contributed by atoms with Crippen molar-refractivity contribution in [3.8, 4) is 0 Å². The summed E-state index contributed by atoms with van der Waals surface area (Å²) in [6.07, 6.45) is -10.1. The molecule has 1 amide bonds. The first-order chi connectivity index (χ1) is 31.2. The lowest BCUT2D eigenvalue weighted by Crippen LogP contribution is -2.82. The van der Waals surface area contributed by atoms with Gasteiger partial charge in [0.2, 0.25) is 0 Å². The number of carbonyl (C=O) groups is 7. The van der Waals surface area contributed by atoms with Crippen LogP contribution in [-0.2, 0) is 52.3 Å². The van der Waals surface area contributed by atoms with Gasteiger partial charge in [0.05, 0.1) is 29.5 Å². The van der Waals surface area contributed by atoms with Crippen molar-refractivity contribution in [3.63, 3.8) is 0 Å². The minimum Gasteiger partial charge on any atom is -0.456 e. The van der Waals surface area contributed by atoms with Gasteiger partial charge in [-0.15, -0.1) is 0 Å². The van der Waals surface area contributed by atoms with Crippen LogP contribution in [0.15, 0.2) is 102 Å². The number of fused-ring (bicyclic) bond motifs is 5. The second-order valence-electron chi connectivity index (χ2n) is 17.9. The van der Waals surface area contributed by atoms with Crippen LogP contribution in [0.3, 0.4) is 0 Å². The van der Waals surface area contributed by atoms with Gasteiger partial charge in [-0.25, -0.2) is 14.4 Å². The van der Waals surface area contributed by atoms with Crippen molar-refractivity contribution in [2.45, 2.75) is 108 Å². The summed E-state index contributed by atoms with van der Waals surface area (Å²) in [5.41, 5.74) is -8.37. The summed E-state index contributed by atoms with van der Waals surface area (Å²) in [4.78, 5) is 97.7. The van der Waals surface area contributed by atoms with Gasteiger partial charge in [-0.3, -0.25) is 19.2 Å². The highest BCUT2D eigenvalue weighted by Crippen LogP contribution is 2.65. The molecule has 0 radical (unpaired) electrons. The lowest BCUT2D eigenvalue weighted by atomic mass is 9.44. The number of ketones is 1. The average Bonchev–Trinajstić information content (AvgIpc) is 3.27. The molecule has 3 aromatic rings. The number of rotatable bonds is 12. The number of nitrogens with one attached hydrogen (secondary N) is 1. The summed E-state index contributed by atoms with van der Waals surface area (Å²) in [6, 6.07) is 23.6. The summed E-state index contributed by atoms with van der Waals surface area (Å²) in [7, 11) is 1.26. The average molecular weight is 930 g/mol. The van der Waals surface area contributed by atoms with E-state index in [2.05, 4.69) is 5.32 Å². The molecule has 66 heavy (non-hydrogen) atoms. The fourth-order valence-electron chi connectivity index (χ4n) is 10.7. The first kappa shape index (κ1) is 48.0. The molecule has 3 fully saturated rings. The fraction of sp³-hybridized carbons (Fsp3) is 0.449. The molecule has 7 rings (SSSR count). The van der Waals surface area contributed by atoms with E-state index < -0.39 is 118 Å². The van der Waals surface area contributed by atoms with Crippen molar-refractivity contribution >= 4 is 52.6 Å². The van der Waals surface area contributed by atoms with Crippen molar-refractivity contribution in [2.24, 2.45) is 16.7 Å². The Labute approximate surface area is 386 Å². The molecule has 1 saturated heterocycles. The number of benzene rings is 3. The molecule has 1 heterocycles. The molecule has 7 unspecified atom stereocenters. The SMILES string of the molecule is COC(C(=O)OC1C[C@@]2(O)C(OC(=O)c3ccccc3)C3C4(OC(C)=O)COC4C[C@H](OC(=O)Cl)[C@@]3(C)C(=O)[C@H](OC(C)=O)C(=C1C)C2(C)C)C(NC(=O)c1ccccc1)c1ccccc1. The molecule has 1 aliphatic heterocycles. The van der Waals surface area contributed by atoms with E-state index in [1.165, 1.54) is 26.2 Å². The van der Waals surface area contributed by atoms with Crippen LogP contribution in [-0.4, -0.2) is 108 Å². The molecule has 0 aromatic heterocycles. The van der Waals surface area contributed by atoms with Crippen molar-refractivity contribution in [2.75, 3.05) is 13.7 Å². The van der Waals surface area contributed by atoms with Crippen LogP contribution in [0.5, 0.6) is 0 Å². The topological polar surface area (TPSA) is 216 Å². The Morgan fingerprint density at radius 1 is 0.818 bits per heavy atom. The lowest BCUT2D eigenvalue weighted by molar-refractivity contribution is -0.345. The summed E-state index contributed by atoms with van der Waals surface area (Å²) >= 11 is 5.87. The Kier molecular flexibility index (Phi) is 13.4. The van der Waals surface area contributed by atoms with E-state index in [1.54, 1.807) is 99.6 Å². The quantitative estimate of drug-likeness (QED) is 0.0954. The number of hydrogen-bond acceptors (Lipinski definition) is 15. The van der Waals surface area contributed by atoms with Gasteiger partial charge in [-0.05, 0) is 54.8 Å². The molecular weight excluding hydrogens is 878 g/mol. The summed E-state index contributed by atoms with van der Waals surface area (Å²) < 4.78 is 42.3. The number of esters is 4. The van der Waals surface area contributed by atoms with E-state index in [0.717, 1.165) is 13.8 Å². The van der Waals surface area contributed by atoms with Gasteiger partial charge in [0.25, 0.3) is 5.91 Å². The number of hydrogen-bond donors (Lipinski definition) is 2. The third-order valence-corrected chi connectivity index (χ3v) is 14.0. The Morgan fingerprint density at radius 3 is 1.94 bits per heavy atom. The van der Waals surface area contributed by atoms with E-state index in [1.807, 2.05) is 0 Å². The van der Waals surface area contributed by atoms with Gasteiger partial charge < -0.3 is 43.6 Å². The molecule has 17 heteroatoms. The third-order valence-electron chi connectivity index (χ3n) is 13.9.